The van der Waals surface area contributed by atoms with Gasteiger partial charge in [-0.05, 0) is 142 Å². The van der Waals surface area contributed by atoms with Crippen LogP contribution >= 0.6 is 11.3 Å². The lowest BCUT2D eigenvalue weighted by Crippen LogP contribution is -2.26. The molecule has 14 aromatic rings. The fourth-order valence-corrected chi connectivity index (χ4v) is 14.5. The average Bonchev–Trinajstić information content (AvgIpc) is 4.19. The van der Waals surface area contributed by atoms with Crippen LogP contribution in [0.2, 0.25) is 0 Å². The lowest BCUT2D eigenvalue weighted by atomic mass is 9.70. The molecule has 0 saturated carbocycles. The van der Waals surface area contributed by atoms with Crippen molar-refractivity contribution in [1.82, 2.24) is 0 Å². The minimum absolute atomic E-state index is 0.532. The molecule has 2 heteroatoms. The van der Waals surface area contributed by atoms with Gasteiger partial charge in [-0.3, -0.25) is 0 Å². The quantitative estimate of drug-likeness (QED) is 0.150. The van der Waals surface area contributed by atoms with E-state index in [0.717, 1.165) is 17.1 Å². The maximum Gasteiger partial charge on any atom is 0.0726 e. The molecule has 0 saturated heterocycles. The van der Waals surface area contributed by atoms with Crippen LogP contribution in [0.3, 0.4) is 0 Å². The molecule has 0 aliphatic heterocycles. The monoisotopic (exact) mass is 967 g/mol. The maximum atomic E-state index is 2.59. The number of thiophene rings is 1. The summed E-state index contributed by atoms with van der Waals surface area (Å²) in [4.78, 5) is 2.57. The summed E-state index contributed by atoms with van der Waals surface area (Å²) in [6, 6.07) is 102. The highest BCUT2D eigenvalue weighted by atomic mass is 32.1. The Labute approximate surface area is 439 Å². The SMILES string of the molecule is c1ccc(-c2ccc(-c3ccc(N(c4ccc5c6ccccc6c6ccccc6c5c4)c4cc5c(cc4-c4cccc6c4sc4ccccc46)-c4ccccc4C54c5ccccc5-c5ccccc54)cc3)cc2)cc1. The third kappa shape index (κ3) is 6.12. The molecular formula is C73H45NS. The highest BCUT2D eigenvalue weighted by Crippen LogP contribution is 2.64. The number of benzene rings is 13. The Morgan fingerprint density at radius 3 is 1.31 bits per heavy atom. The fraction of sp³-hybridized carbons (Fsp3) is 0.0137. The van der Waals surface area contributed by atoms with Gasteiger partial charge in [0.2, 0.25) is 0 Å². The predicted molar refractivity (Wildman–Crippen MR) is 319 cm³/mol. The van der Waals surface area contributed by atoms with Gasteiger partial charge in [0.05, 0.1) is 11.1 Å². The summed E-state index contributed by atoms with van der Waals surface area (Å²) >= 11 is 1.90. The smallest absolute Gasteiger partial charge is 0.0726 e. The van der Waals surface area contributed by atoms with E-state index in [2.05, 4.69) is 278 Å². The fourth-order valence-electron chi connectivity index (χ4n) is 13.2. The second-order valence-corrected chi connectivity index (χ2v) is 21.3. The lowest BCUT2D eigenvalue weighted by Gasteiger charge is -2.33. The van der Waals surface area contributed by atoms with Crippen molar-refractivity contribution in [3.05, 3.63) is 295 Å². The first-order chi connectivity index (χ1) is 37.2. The van der Waals surface area contributed by atoms with E-state index >= 15 is 0 Å². The molecule has 0 atom stereocenters. The topological polar surface area (TPSA) is 3.24 Å². The molecule has 0 N–H and O–H groups in total. The van der Waals surface area contributed by atoms with Crippen molar-refractivity contribution in [2.75, 3.05) is 4.90 Å². The second-order valence-electron chi connectivity index (χ2n) is 20.2. The van der Waals surface area contributed by atoms with Gasteiger partial charge in [-0.25, -0.2) is 0 Å². The highest BCUT2D eigenvalue weighted by Gasteiger charge is 2.52. The van der Waals surface area contributed by atoms with Crippen LogP contribution in [0, 0.1) is 0 Å². The maximum absolute atomic E-state index is 2.59. The number of rotatable bonds is 6. The Bertz CT molecular complexity index is 4560. The molecule has 16 rings (SSSR count). The largest absolute Gasteiger partial charge is 0.310 e. The Kier molecular flexibility index (Phi) is 9.19. The number of hydrogen-bond donors (Lipinski definition) is 0. The Balaban J connectivity index is 1.00. The van der Waals surface area contributed by atoms with Crippen molar-refractivity contribution < 1.29 is 0 Å². The van der Waals surface area contributed by atoms with Crippen molar-refractivity contribution in [2.45, 2.75) is 5.41 Å². The Morgan fingerprint density at radius 1 is 0.253 bits per heavy atom. The van der Waals surface area contributed by atoms with Gasteiger partial charge in [0.15, 0.2) is 0 Å². The van der Waals surface area contributed by atoms with Crippen molar-refractivity contribution in [1.29, 1.82) is 0 Å². The Hall–Kier alpha value is -9.34. The summed E-state index contributed by atoms with van der Waals surface area (Å²) in [6.07, 6.45) is 0. The van der Waals surface area contributed by atoms with Crippen LogP contribution in [0.4, 0.5) is 17.1 Å². The molecule has 13 aromatic carbocycles. The molecule has 75 heavy (non-hydrogen) atoms. The summed E-state index contributed by atoms with van der Waals surface area (Å²) in [5.41, 5.74) is 20.5. The zero-order chi connectivity index (χ0) is 49.2. The summed E-state index contributed by atoms with van der Waals surface area (Å²) in [7, 11) is 0. The van der Waals surface area contributed by atoms with Crippen molar-refractivity contribution >= 4 is 80.9 Å². The van der Waals surface area contributed by atoms with Crippen LogP contribution in [0.1, 0.15) is 22.3 Å². The minimum atomic E-state index is -0.532. The van der Waals surface area contributed by atoms with Gasteiger partial charge in [0.25, 0.3) is 0 Å². The summed E-state index contributed by atoms with van der Waals surface area (Å²) in [5, 5.41) is 10.1. The summed E-state index contributed by atoms with van der Waals surface area (Å²) in [5.74, 6) is 0. The molecular weight excluding hydrogens is 923 g/mol. The standard InChI is InChI=1S/C73H45NS/c1-2-17-46(18-3-1)47-33-35-48(36-34-47)49-37-39-50(40-38-49)74(51-41-42-56-54-21-5-4-19-52(54)53-20-6-7-22-55(53)63(56)43-51)70-45-69-64(44-65(70)62-28-16-27-61-60-26-11-15-32-71(60)75-72(61)62)59-25-10-14-31-68(59)73(69)66-29-12-8-23-57(66)58-24-9-13-30-67(58)73/h1-45H. The number of hydrogen-bond acceptors (Lipinski definition) is 2. The van der Waals surface area contributed by atoms with Crippen molar-refractivity contribution in [2.24, 2.45) is 0 Å². The van der Waals surface area contributed by atoms with Gasteiger partial charge >= 0.3 is 0 Å². The average molecular weight is 968 g/mol. The zero-order valence-corrected chi connectivity index (χ0v) is 41.7. The van der Waals surface area contributed by atoms with E-state index in [-0.39, 0.29) is 0 Å². The number of nitrogens with zero attached hydrogens (tertiary/aromatic N) is 1. The van der Waals surface area contributed by atoms with Crippen LogP contribution < -0.4 is 4.90 Å². The van der Waals surface area contributed by atoms with Gasteiger partial charge in [-0.15, -0.1) is 11.3 Å². The van der Waals surface area contributed by atoms with Crippen LogP contribution in [0.5, 0.6) is 0 Å². The third-order valence-electron chi connectivity index (χ3n) is 16.5. The lowest BCUT2D eigenvalue weighted by molar-refractivity contribution is 0.794. The molecule has 2 aliphatic carbocycles. The molecule has 0 fully saturated rings. The number of fused-ring (bicyclic) bond motifs is 19. The predicted octanol–water partition coefficient (Wildman–Crippen LogP) is 20.3. The van der Waals surface area contributed by atoms with Crippen LogP contribution in [-0.4, -0.2) is 0 Å². The minimum Gasteiger partial charge on any atom is -0.310 e. The van der Waals surface area contributed by atoms with Crippen LogP contribution in [-0.2, 0) is 5.41 Å². The number of anilines is 3. The molecule has 2 aliphatic rings. The van der Waals surface area contributed by atoms with E-state index in [1.54, 1.807) is 0 Å². The molecule has 1 nitrogen and oxygen atoms in total. The van der Waals surface area contributed by atoms with E-state index in [1.807, 2.05) is 11.3 Å². The van der Waals surface area contributed by atoms with Crippen molar-refractivity contribution in [3.8, 4) is 55.6 Å². The molecule has 0 unspecified atom stereocenters. The van der Waals surface area contributed by atoms with Gasteiger partial charge in [-0.2, -0.15) is 0 Å². The highest BCUT2D eigenvalue weighted by molar-refractivity contribution is 7.26. The Morgan fingerprint density at radius 2 is 0.693 bits per heavy atom. The molecule has 1 spiro atoms. The second kappa shape index (κ2) is 16.3. The first-order valence-corrected chi connectivity index (χ1v) is 26.8. The van der Waals surface area contributed by atoms with E-state index < -0.39 is 5.41 Å². The van der Waals surface area contributed by atoms with E-state index in [0.29, 0.717) is 0 Å². The van der Waals surface area contributed by atoms with Gasteiger partial charge < -0.3 is 4.90 Å². The normalized spacial score (nSPS) is 12.9. The summed E-state index contributed by atoms with van der Waals surface area (Å²) in [6.45, 7) is 0. The van der Waals surface area contributed by atoms with Crippen LogP contribution in [0.25, 0.3) is 108 Å². The van der Waals surface area contributed by atoms with Crippen LogP contribution in [0.15, 0.2) is 273 Å². The van der Waals surface area contributed by atoms with E-state index in [9.17, 15) is 0 Å². The van der Waals surface area contributed by atoms with Gasteiger partial charge in [-0.1, -0.05) is 231 Å². The first kappa shape index (κ1) is 42.2. The molecule has 0 bridgehead atoms. The van der Waals surface area contributed by atoms with E-state index in [4.69, 9.17) is 0 Å². The van der Waals surface area contributed by atoms with Gasteiger partial charge in [0, 0.05) is 42.7 Å². The molecule has 0 amide bonds. The van der Waals surface area contributed by atoms with Crippen molar-refractivity contribution in [3.63, 3.8) is 0 Å². The molecule has 1 aromatic heterocycles. The third-order valence-corrected chi connectivity index (χ3v) is 17.7. The zero-order valence-electron chi connectivity index (χ0n) is 40.8. The van der Waals surface area contributed by atoms with E-state index in [1.165, 1.54) is 130 Å². The first-order valence-electron chi connectivity index (χ1n) is 26.0. The summed E-state index contributed by atoms with van der Waals surface area (Å²) < 4.78 is 2.59. The molecule has 348 valence electrons. The molecule has 0 radical (unpaired) electrons. The van der Waals surface area contributed by atoms with Gasteiger partial charge in [0.1, 0.15) is 0 Å². The molecule has 1 heterocycles.